The number of thiazole rings is 1. The highest BCUT2D eigenvalue weighted by atomic mass is 35.5. The summed E-state index contributed by atoms with van der Waals surface area (Å²) in [6.45, 7) is 6.35. The van der Waals surface area contributed by atoms with Crippen molar-refractivity contribution in [1.29, 1.82) is 0 Å². The smallest absolute Gasteiger partial charge is 0.184 e. The lowest BCUT2D eigenvalue weighted by atomic mass is 10.1. The standard InChI is InChI=1S/C11H13ClN2S/c1-11(2,3)14-10-13-8-5-4-7(12)6-9(8)15-10/h4-6H,1-3H3,(H,13,14). The van der Waals surface area contributed by atoms with Gasteiger partial charge < -0.3 is 5.32 Å². The van der Waals surface area contributed by atoms with Crippen LogP contribution in [0.25, 0.3) is 10.2 Å². The Morgan fingerprint density at radius 3 is 2.73 bits per heavy atom. The van der Waals surface area contributed by atoms with Crippen molar-refractivity contribution in [2.24, 2.45) is 0 Å². The van der Waals surface area contributed by atoms with Crippen molar-refractivity contribution in [1.82, 2.24) is 4.98 Å². The Hall–Kier alpha value is -0.800. The lowest BCUT2D eigenvalue weighted by Gasteiger charge is -2.19. The van der Waals surface area contributed by atoms with Crippen LogP contribution in [-0.4, -0.2) is 10.5 Å². The normalized spacial score (nSPS) is 12.0. The van der Waals surface area contributed by atoms with E-state index in [1.165, 1.54) is 0 Å². The van der Waals surface area contributed by atoms with Gasteiger partial charge in [0, 0.05) is 10.6 Å². The number of hydrogen-bond donors (Lipinski definition) is 1. The Morgan fingerprint density at radius 1 is 1.33 bits per heavy atom. The van der Waals surface area contributed by atoms with Gasteiger partial charge in [0.05, 0.1) is 10.2 Å². The van der Waals surface area contributed by atoms with Crippen molar-refractivity contribution in [3.8, 4) is 0 Å². The summed E-state index contributed by atoms with van der Waals surface area (Å²) in [5.74, 6) is 0. The molecule has 0 bridgehead atoms. The van der Waals surface area contributed by atoms with E-state index in [2.05, 4.69) is 31.1 Å². The summed E-state index contributed by atoms with van der Waals surface area (Å²) in [6.07, 6.45) is 0. The van der Waals surface area contributed by atoms with Crippen LogP contribution in [0.15, 0.2) is 18.2 Å². The number of benzene rings is 1. The van der Waals surface area contributed by atoms with Crippen molar-refractivity contribution < 1.29 is 0 Å². The van der Waals surface area contributed by atoms with Gasteiger partial charge in [-0.2, -0.15) is 0 Å². The van der Waals surface area contributed by atoms with Crippen LogP contribution in [0.1, 0.15) is 20.8 Å². The maximum Gasteiger partial charge on any atom is 0.184 e. The summed E-state index contributed by atoms with van der Waals surface area (Å²) in [7, 11) is 0. The number of halogens is 1. The van der Waals surface area contributed by atoms with Gasteiger partial charge in [0.2, 0.25) is 0 Å². The average Bonchev–Trinajstić information content (AvgIpc) is 2.42. The van der Waals surface area contributed by atoms with Crippen molar-refractivity contribution in [2.45, 2.75) is 26.3 Å². The highest BCUT2D eigenvalue weighted by Gasteiger charge is 2.12. The number of nitrogens with zero attached hydrogens (tertiary/aromatic N) is 1. The minimum absolute atomic E-state index is 0.0394. The molecule has 1 N–H and O–H groups in total. The van der Waals surface area contributed by atoms with E-state index >= 15 is 0 Å². The molecular formula is C11H13ClN2S. The van der Waals surface area contributed by atoms with Crippen molar-refractivity contribution in [3.05, 3.63) is 23.2 Å². The van der Waals surface area contributed by atoms with Gasteiger partial charge in [0.1, 0.15) is 0 Å². The maximum atomic E-state index is 5.92. The van der Waals surface area contributed by atoms with Gasteiger partial charge in [-0.1, -0.05) is 22.9 Å². The third-order valence-electron chi connectivity index (χ3n) is 1.83. The number of rotatable bonds is 1. The van der Waals surface area contributed by atoms with Crippen molar-refractivity contribution in [2.75, 3.05) is 5.32 Å². The first-order chi connectivity index (χ1) is 6.94. The van der Waals surface area contributed by atoms with Crippen LogP contribution in [0.2, 0.25) is 5.02 Å². The molecular weight excluding hydrogens is 228 g/mol. The molecule has 0 fully saturated rings. The second-order valence-electron chi connectivity index (χ2n) is 4.51. The van der Waals surface area contributed by atoms with Crippen molar-refractivity contribution >= 4 is 38.3 Å². The van der Waals surface area contributed by atoms with Crippen LogP contribution >= 0.6 is 22.9 Å². The Bertz CT molecular complexity index is 485. The van der Waals surface area contributed by atoms with E-state index in [-0.39, 0.29) is 5.54 Å². The van der Waals surface area contributed by atoms with Crippen LogP contribution < -0.4 is 5.32 Å². The fourth-order valence-electron chi connectivity index (χ4n) is 1.27. The van der Waals surface area contributed by atoms with Crippen LogP contribution in [0, 0.1) is 0 Å². The highest BCUT2D eigenvalue weighted by Crippen LogP contribution is 2.29. The molecule has 0 saturated carbocycles. The third-order valence-corrected chi connectivity index (χ3v) is 3.00. The SMILES string of the molecule is CC(C)(C)Nc1nc2ccc(Cl)cc2s1. The molecule has 2 rings (SSSR count). The zero-order valence-corrected chi connectivity index (χ0v) is 10.5. The highest BCUT2D eigenvalue weighted by molar-refractivity contribution is 7.22. The topological polar surface area (TPSA) is 24.9 Å². The molecule has 0 amide bonds. The fraction of sp³-hybridized carbons (Fsp3) is 0.364. The largest absolute Gasteiger partial charge is 0.357 e. The van der Waals surface area contributed by atoms with E-state index in [9.17, 15) is 0 Å². The van der Waals surface area contributed by atoms with Gasteiger partial charge in [0.15, 0.2) is 5.13 Å². The van der Waals surface area contributed by atoms with Gasteiger partial charge >= 0.3 is 0 Å². The van der Waals surface area contributed by atoms with E-state index in [1.807, 2.05) is 18.2 Å². The second kappa shape index (κ2) is 3.65. The van der Waals surface area contributed by atoms with Gasteiger partial charge in [-0.15, -0.1) is 0 Å². The van der Waals surface area contributed by atoms with Crippen LogP contribution in [-0.2, 0) is 0 Å². The molecule has 2 nitrogen and oxygen atoms in total. The van der Waals surface area contributed by atoms with Crippen LogP contribution in [0.3, 0.4) is 0 Å². The summed E-state index contributed by atoms with van der Waals surface area (Å²) in [4.78, 5) is 4.49. The summed E-state index contributed by atoms with van der Waals surface area (Å²) in [6, 6.07) is 5.76. The molecule has 0 aliphatic heterocycles. The molecule has 0 aliphatic rings. The monoisotopic (exact) mass is 240 g/mol. The van der Waals surface area contributed by atoms with Crippen LogP contribution in [0.4, 0.5) is 5.13 Å². The molecule has 1 aromatic heterocycles. The molecule has 0 saturated heterocycles. The second-order valence-corrected chi connectivity index (χ2v) is 5.97. The predicted octanol–water partition coefficient (Wildman–Crippen LogP) is 4.16. The molecule has 0 unspecified atom stereocenters. The summed E-state index contributed by atoms with van der Waals surface area (Å²) in [5, 5.41) is 5.06. The molecule has 0 spiro atoms. The number of aromatic nitrogens is 1. The van der Waals surface area contributed by atoms with E-state index in [0.717, 1.165) is 20.4 Å². The molecule has 0 radical (unpaired) electrons. The Balaban J connectivity index is 2.39. The predicted molar refractivity (Wildman–Crippen MR) is 68.0 cm³/mol. The van der Waals surface area contributed by atoms with E-state index < -0.39 is 0 Å². The van der Waals surface area contributed by atoms with Gasteiger partial charge in [-0.3, -0.25) is 0 Å². The Morgan fingerprint density at radius 2 is 2.07 bits per heavy atom. The molecule has 0 atom stereocenters. The third kappa shape index (κ3) is 2.61. The minimum Gasteiger partial charge on any atom is -0.357 e. The lowest BCUT2D eigenvalue weighted by molar-refractivity contribution is 0.633. The molecule has 2 aromatic rings. The van der Waals surface area contributed by atoms with E-state index in [4.69, 9.17) is 11.6 Å². The lowest BCUT2D eigenvalue weighted by Crippen LogP contribution is -2.25. The van der Waals surface area contributed by atoms with Crippen LogP contribution in [0.5, 0.6) is 0 Å². The fourth-order valence-corrected chi connectivity index (χ4v) is 2.62. The Kier molecular flexibility index (Phi) is 2.61. The first-order valence-corrected chi connectivity index (χ1v) is 5.98. The van der Waals surface area contributed by atoms with E-state index in [1.54, 1.807) is 11.3 Å². The maximum absolute atomic E-state index is 5.92. The first-order valence-electron chi connectivity index (χ1n) is 4.78. The molecule has 1 heterocycles. The molecule has 80 valence electrons. The van der Waals surface area contributed by atoms with Gasteiger partial charge in [-0.25, -0.2) is 4.98 Å². The zero-order valence-electron chi connectivity index (χ0n) is 8.97. The Labute approximate surface area is 98.3 Å². The van der Waals surface area contributed by atoms with Gasteiger partial charge in [0.25, 0.3) is 0 Å². The summed E-state index contributed by atoms with van der Waals surface area (Å²) in [5.41, 5.74) is 1.04. The van der Waals surface area contributed by atoms with Gasteiger partial charge in [-0.05, 0) is 39.0 Å². The number of hydrogen-bond acceptors (Lipinski definition) is 3. The van der Waals surface area contributed by atoms with Crippen molar-refractivity contribution in [3.63, 3.8) is 0 Å². The first kappa shape index (κ1) is 10.7. The zero-order chi connectivity index (χ0) is 11.1. The summed E-state index contributed by atoms with van der Waals surface area (Å²) < 4.78 is 1.12. The van der Waals surface area contributed by atoms with E-state index in [0.29, 0.717) is 0 Å². The molecule has 1 aromatic carbocycles. The number of fused-ring (bicyclic) bond motifs is 1. The molecule has 15 heavy (non-hydrogen) atoms. The average molecular weight is 241 g/mol. The minimum atomic E-state index is 0.0394. The summed E-state index contributed by atoms with van der Waals surface area (Å²) >= 11 is 7.55. The molecule has 4 heteroatoms. The molecule has 0 aliphatic carbocycles. The number of nitrogens with one attached hydrogen (secondary N) is 1. The quantitative estimate of drug-likeness (QED) is 0.810. The number of anilines is 1.